The van der Waals surface area contributed by atoms with Crippen molar-refractivity contribution in [3.8, 4) is 57.3 Å². The molecule has 10 nitrogen and oxygen atoms in total. The summed E-state index contributed by atoms with van der Waals surface area (Å²) in [5.74, 6) is -0.836. The zero-order valence-corrected chi connectivity index (χ0v) is 31.3. The Kier molecular flexibility index (Phi) is 9.25. The number of hydrogen-bond donors (Lipinski definition) is 5. The van der Waals surface area contributed by atoms with Gasteiger partial charge in [0.05, 0.1) is 36.3 Å². The van der Waals surface area contributed by atoms with Gasteiger partial charge in [0, 0.05) is 39.8 Å². The summed E-state index contributed by atoms with van der Waals surface area (Å²) in [7, 11) is 1.46. The van der Waals surface area contributed by atoms with E-state index in [1.807, 2.05) is 59.8 Å². The Hall–Kier alpha value is -6.03. The first-order valence-electron chi connectivity index (χ1n) is 17.9. The van der Waals surface area contributed by atoms with Gasteiger partial charge in [0.25, 0.3) is 0 Å². The first-order chi connectivity index (χ1) is 25.7. The Morgan fingerprint density at radius 3 is 2.20 bits per heavy atom. The number of rotatable bonds is 9. The number of fused-ring (bicyclic) bond motifs is 6. The normalized spacial score (nSPS) is 15.6. The summed E-state index contributed by atoms with van der Waals surface area (Å²) in [6.45, 7) is 11.9. The van der Waals surface area contributed by atoms with Crippen molar-refractivity contribution in [1.82, 2.24) is 0 Å². The lowest BCUT2D eigenvalue weighted by atomic mass is 9.84. The predicted octanol–water partition coefficient (Wildman–Crippen LogP) is 9.62. The third-order valence-corrected chi connectivity index (χ3v) is 10.3. The third kappa shape index (κ3) is 6.05. The molecule has 2 aliphatic heterocycles. The van der Waals surface area contributed by atoms with Crippen LogP contribution >= 0.6 is 0 Å². The second-order valence-electron chi connectivity index (χ2n) is 14.8. The molecule has 3 heterocycles. The van der Waals surface area contributed by atoms with E-state index in [1.165, 1.54) is 19.2 Å². The summed E-state index contributed by atoms with van der Waals surface area (Å²) in [5.41, 5.74) is 5.07. The van der Waals surface area contributed by atoms with Gasteiger partial charge in [-0.05, 0) is 82.3 Å². The van der Waals surface area contributed by atoms with Crippen molar-refractivity contribution in [3.63, 3.8) is 0 Å². The summed E-state index contributed by atoms with van der Waals surface area (Å²) >= 11 is 0. The highest BCUT2D eigenvalue weighted by atomic mass is 16.5. The van der Waals surface area contributed by atoms with E-state index >= 15 is 4.79 Å². The fraction of sp³-hybridized carbons (Fsp3) is 0.295. The van der Waals surface area contributed by atoms with Crippen molar-refractivity contribution >= 4 is 16.8 Å². The lowest BCUT2D eigenvalue weighted by molar-refractivity contribution is 0.103. The smallest absolute Gasteiger partial charge is 0.201 e. The lowest BCUT2D eigenvalue weighted by Gasteiger charge is -2.29. The van der Waals surface area contributed by atoms with Gasteiger partial charge in [0.15, 0.2) is 11.5 Å². The average Bonchev–Trinajstić information content (AvgIpc) is 3.68. The maximum Gasteiger partial charge on any atom is 0.201 e. The topological polar surface area (TPSA) is 159 Å². The highest BCUT2D eigenvalue weighted by Gasteiger charge is 2.44. The van der Waals surface area contributed by atoms with Gasteiger partial charge in [0.1, 0.15) is 51.9 Å². The lowest BCUT2D eigenvalue weighted by Crippen LogP contribution is -2.23. The molecule has 0 aliphatic carbocycles. The molecule has 0 saturated heterocycles. The summed E-state index contributed by atoms with van der Waals surface area (Å²) in [6, 6.07) is 11.0. The van der Waals surface area contributed by atoms with Crippen molar-refractivity contribution < 1.29 is 49.0 Å². The third-order valence-electron chi connectivity index (χ3n) is 10.3. The highest BCUT2D eigenvalue weighted by molar-refractivity contribution is 6.21. The Balaban J connectivity index is 1.47. The number of hydrogen-bond acceptors (Lipinski definition) is 10. The van der Waals surface area contributed by atoms with Crippen molar-refractivity contribution in [2.75, 3.05) is 13.7 Å². The van der Waals surface area contributed by atoms with E-state index in [2.05, 4.69) is 0 Å². The largest absolute Gasteiger partial charge is 0.508 e. The number of carbonyl (C=O) groups excluding carboxylic acids is 1. The monoisotopic (exact) mass is 732 g/mol. The molecule has 4 aromatic carbocycles. The van der Waals surface area contributed by atoms with Crippen molar-refractivity contribution in [3.05, 3.63) is 105 Å². The minimum absolute atomic E-state index is 0.0190. The minimum Gasteiger partial charge on any atom is -0.508 e. The van der Waals surface area contributed by atoms with Gasteiger partial charge in [-0.25, -0.2) is 0 Å². The number of aromatic hydroxyl groups is 5. The van der Waals surface area contributed by atoms with E-state index in [4.69, 9.17) is 18.6 Å². The van der Waals surface area contributed by atoms with Crippen LogP contribution in [-0.4, -0.2) is 45.0 Å². The van der Waals surface area contributed by atoms with Gasteiger partial charge in [-0.2, -0.15) is 0 Å². The quantitative estimate of drug-likeness (QED) is 0.0561. The molecule has 0 unspecified atom stereocenters. The van der Waals surface area contributed by atoms with Crippen molar-refractivity contribution in [2.24, 2.45) is 0 Å². The molecular weight excluding hydrogens is 688 g/mol. The van der Waals surface area contributed by atoms with Crippen molar-refractivity contribution in [2.45, 2.75) is 72.3 Å². The predicted molar refractivity (Wildman–Crippen MR) is 205 cm³/mol. The van der Waals surface area contributed by atoms with E-state index < -0.39 is 23.4 Å². The van der Waals surface area contributed by atoms with Crippen LogP contribution in [0, 0.1) is 0 Å². The number of carbonyl (C=O) groups is 1. The Bertz CT molecular complexity index is 2400. The molecule has 0 amide bonds. The molecule has 2 atom stereocenters. The number of ketones is 1. The Labute approximate surface area is 313 Å². The summed E-state index contributed by atoms with van der Waals surface area (Å²) in [6.07, 6.45) is 3.74. The summed E-state index contributed by atoms with van der Waals surface area (Å²) < 4.78 is 24.6. The van der Waals surface area contributed by atoms with E-state index in [9.17, 15) is 25.5 Å². The molecule has 0 fully saturated rings. The highest BCUT2D eigenvalue weighted by Crippen LogP contribution is 2.56. The van der Waals surface area contributed by atoms with Crippen LogP contribution in [-0.2, 0) is 12.8 Å². The minimum atomic E-state index is -0.636. The van der Waals surface area contributed by atoms with Crippen LogP contribution in [0.3, 0.4) is 0 Å². The average molecular weight is 733 g/mol. The SMILES string of the molecule is COc1ccc(-c2oc3c(CC=C(C)C)c(O)c(O)cc3c2C(=O)c2cc3c(c(CC=C(C)C)c2O)O[C@H]2c4cc(C(C)C)c(O)cc4OC[C@@H]32)c(O)c1. The van der Waals surface area contributed by atoms with Crippen LogP contribution in [0.15, 0.2) is 70.2 Å². The number of methoxy groups -OCH3 is 1. The van der Waals surface area contributed by atoms with E-state index in [1.54, 1.807) is 24.3 Å². The molecule has 5 N–H and O–H groups in total. The second kappa shape index (κ2) is 13.7. The van der Waals surface area contributed by atoms with Gasteiger partial charge >= 0.3 is 0 Å². The molecule has 0 bridgehead atoms. The first-order valence-corrected chi connectivity index (χ1v) is 17.9. The van der Waals surface area contributed by atoms with Crippen LogP contribution < -0.4 is 14.2 Å². The second-order valence-corrected chi connectivity index (χ2v) is 14.8. The van der Waals surface area contributed by atoms with E-state index in [0.29, 0.717) is 28.4 Å². The molecule has 280 valence electrons. The zero-order valence-electron chi connectivity index (χ0n) is 31.3. The maximum atomic E-state index is 15.2. The van der Waals surface area contributed by atoms with Crippen LogP contribution in [0.4, 0.5) is 0 Å². The number of ether oxygens (including phenoxy) is 3. The van der Waals surface area contributed by atoms with E-state index in [0.717, 1.165) is 22.3 Å². The van der Waals surface area contributed by atoms with Crippen LogP contribution in [0.5, 0.6) is 46.0 Å². The standard InChI is InChI=1S/C44H44O10/c1-20(2)8-11-25-38(48)31(16-28-32-19-52-36-18-34(46)27(22(5)6)15-29(36)43(32)53-41(25)28)40(50)37-30-17-35(47)39(49)26(12-9-21(3)4)42(30)54-44(37)24-13-10-23(51-7)14-33(24)45/h8-10,13-18,22,32,43,45-49H,11-12,19H2,1-7H3/t32-,43-/m0/s1. The van der Waals surface area contributed by atoms with Crippen LogP contribution in [0.2, 0.25) is 0 Å². The molecule has 10 heteroatoms. The van der Waals surface area contributed by atoms with Gasteiger partial charge in [-0.3, -0.25) is 4.79 Å². The molecular formula is C44H44O10. The van der Waals surface area contributed by atoms with Gasteiger partial charge < -0.3 is 44.2 Å². The molecule has 54 heavy (non-hydrogen) atoms. The number of allylic oxidation sites excluding steroid dienone is 4. The number of phenols is 5. The molecule has 2 aliphatic rings. The molecule has 5 aromatic rings. The summed E-state index contributed by atoms with van der Waals surface area (Å²) in [4.78, 5) is 15.2. The Morgan fingerprint density at radius 2 is 1.56 bits per heavy atom. The van der Waals surface area contributed by atoms with Gasteiger partial charge in [0.2, 0.25) is 5.78 Å². The Morgan fingerprint density at radius 1 is 0.852 bits per heavy atom. The first kappa shape index (κ1) is 36.3. The number of furan rings is 1. The van der Waals surface area contributed by atoms with Crippen molar-refractivity contribution in [1.29, 1.82) is 0 Å². The van der Waals surface area contributed by atoms with Gasteiger partial charge in [-0.15, -0.1) is 0 Å². The molecule has 0 radical (unpaired) electrons. The molecule has 1 aromatic heterocycles. The van der Waals surface area contributed by atoms with E-state index in [-0.39, 0.29) is 87.5 Å². The molecule has 0 saturated carbocycles. The maximum absolute atomic E-state index is 15.2. The van der Waals surface area contributed by atoms with Crippen LogP contribution in [0.25, 0.3) is 22.3 Å². The fourth-order valence-corrected chi connectivity index (χ4v) is 7.39. The van der Waals surface area contributed by atoms with Crippen LogP contribution in [0.1, 0.15) is 103 Å². The fourth-order valence-electron chi connectivity index (χ4n) is 7.39. The number of phenolic OH excluding ortho intramolecular Hbond substituents is 5. The number of benzene rings is 4. The summed E-state index contributed by atoms with van der Waals surface area (Å²) in [5, 5.41) is 56.2. The molecule has 7 rings (SSSR count). The van der Waals surface area contributed by atoms with Gasteiger partial charge in [-0.1, -0.05) is 37.1 Å². The zero-order chi connectivity index (χ0) is 38.7. The molecule has 0 spiro atoms.